The summed E-state index contributed by atoms with van der Waals surface area (Å²) in [6.07, 6.45) is 0.0216. The largest absolute Gasteiger partial charge is 0.457 e. The lowest BCUT2D eigenvalue weighted by Gasteiger charge is -2.37. The van der Waals surface area contributed by atoms with Crippen LogP contribution in [0.5, 0.6) is 11.5 Å². The molecule has 150 valence electrons. The maximum absolute atomic E-state index is 13.0. The molecule has 1 aliphatic rings. The molecule has 0 bridgehead atoms. The van der Waals surface area contributed by atoms with Crippen LogP contribution in [0.15, 0.2) is 53.4 Å². The fraction of sp³-hybridized carbons (Fsp3) is 0.316. The first-order valence-electron chi connectivity index (χ1n) is 8.73. The molecule has 1 heterocycles. The fourth-order valence-electron chi connectivity index (χ4n) is 3.28. The molecule has 1 fully saturated rings. The van der Waals surface area contributed by atoms with Crippen LogP contribution in [0.4, 0.5) is 0 Å². The topological polar surface area (TPSA) is 125 Å². The van der Waals surface area contributed by atoms with Crippen molar-refractivity contribution in [1.82, 2.24) is 10.8 Å². The second-order valence-electron chi connectivity index (χ2n) is 6.75. The smallest absolute Gasteiger partial charge is 0.277 e. The second kappa shape index (κ2) is 7.88. The van der Waals surface area contributed by atoms with Gasteiger partial charge in [-0.25, -0.2) is 13.9 Å². The SMILES string of the molecule is Cc1cccc(Oc2ccc(S(=O)(=O)C3CCNCC3(O)C(=O)NO)cc2)c1. The summed E-state index contributed by atoms with van der Waals surface area (Å²) in [5.41, 5.74) is 0.113. The second-order valence-corrected chi connectivity index (χ2v) is 8.88. The number of piperidine rings is 1. The summed E-state index contributed by atoms with van der Waals surface area (Å²) in [5.74, 6) is -0.0751. The Balaban J connectivity index is 1.86. The van der Waals surface area contributed by atoms with Crippen LogP contribution in [0.2, 0.25) is 0 Å². The predicted molar refractivity (Wildman–Crippen MR) is 101 cm³/mol. The zero-order valence-corrected chi connectivity index (χ0v) is 16.1. The standard InChI is InChI=1S/C19H22N2O6S/c1-13-3-2-4-15(11-13)27-14-5-7-16(8-6-14)28(25,26)17-9-10-20-12-19(17,23)18(22)21-24/h2-8,11,17,20,23-24H,9-10,12H2,1H3,(H,21,22). The number of nitrogens with one attached hydrogen (secondary N) is 2. The van der Waals surface area contributed by atoms with Crippen LogP contribution >= 0.6 is 0 Å². The molecule has 2 atom stereocenters. The van der Waals surface area contributed by atoms with Crippen molar-refractivity contribution in [3.8, 4) is 11.5 Å². The average molecular weight is 406 g/mol. The maximum atomic E-state index is 13.0. The highest BCUT2D eigenvalue weighted by Gasteiger charge is 2.52. The van der Waals surface area contributed by atoms with Crippen LogP contribution in [0.1, 0.15) is 12.0 Å². The molecule has 1 saturated heterocycles. The Hall–Kier alpha value is -2.46. The van der Waals surface area contributed by atoms with E-state index < -0.39 is 26.6 Å². The van der Waals surface area contributed by atoms with Gasteiger partial charge in [-0.05, 0) is 61.9 Å². The Kier molecular flexibility index (Phi) is 5.71. The van der Waals surface area contributed by atoms with Crippen molar-refractivity contribution in [1.29, 1.82) is 0 Å². The summed E-state index contributed by atoms with van der Waals surface area (Å²) in [4.78, 5) is 11.9. The van der Waals surface area contributed by atoms with Crippen molar-refractivity contribution in [2.45, 2.75) is 29.1 Å². The maximum Gasteiger partial charge on any atom is 0.277 e. The van der Waals surface area contributed by atoms with E-state index in [0.717, 1.165) is 5.56 Å². The molecular formula is C19H22N2O6S. The first kappa shape index (κ1) is 20.3. The fourth-order valence-corrected chi connectivity index (χ4v) is 5.25. The van der Waals surface area contributed by atoms with Gasteiger partial charge in [-0.2, -0.15) is 0 Å². The van der Waals surface area contributed by atoms with E-state index in [1.807, 2.05) is 25.1 Å². The lowest BCUT2D eigenvalue weighted by molar-refractivity contribution is -0.149. The van der Waals surface area contributed by atoms with E-state index in [1.54, 1.807) is 6.07 Å². The number of benzene rings is 2. The monoisotopic (exact) mass is 406 g/mol. The van der Waals surface area contributed by atoms with Gasteiger partial charge in [0.25, 0.3) is 5.91 Å². The van der Waals surface area contributed by atoms with E-state index in [1.165, 1.54) is 29.7 Å². The Labute approximate surface area is 163 Å². The molecule has 0 aromatic heterocycles. The Morgan fingerprint density at radius 3 is 2.57 bits per heavy atom. The normalized spacial score (nSPS) is 22.5. The molecule has 1 amide bonds. The van der Waals surface area contributed by atoms with E-state index in [0.29, 0.717) is 18.0 Å². The number of amides is 1. The number of carbonyl (C=O) groups excluding carboxylic acids is 1. The number of β-amino-alcohol motifs (C(OH)–C–C–N with tert-alkyl or cyclic N) is 1. The van der Waals surface area contributed by atoms with Gasteiger partial charge in [-0.1, -0.05) is 12.1 Å². The Morgan fingerprint density at radius 2 is 1.93 bits per heavy atom. The molecule has 4 N–H and O–H groups in total. The molecule has 1 aliphatic heterocycles. The lowest BCUT2D eigenvalue weighted by atomic mass is 9.93. The third-order valence-electron chi connectivity index (χ3n) is 4.76. The summed E-state index contributed by atoms with van der Waals surface area (Å²) < 4.78 is 31.8. The Bertz CT molecular complexity index is 961. The molecule has 2 aromatic rings. The van der Waals surface area contributed by atoms with Gasteiger partial charge in [0, 0.05) is 6.54 Å². The molecule has 0 saturated carbocycles. The van der Waals surface area contributed by atoms with Crippen molar-refractivity contribution < 1.29 is 28.3 Å². The summed E-state index contributed by atoms with van der Waals surface area (Å²) in [6, 6.07) is 13.2. The van der Waals surface area contributed by atoms with E-state index in [2.05, 4.69) is 5.32 Å². The molecule has 28 heavy (non-hydrogen) atoms. The zero-order valence-electron chi connectivity index (χ0n) is 15.3. The van der Waals surface area contributed by atoms with Crippen molar-refractivity contribution >= 4 is 15.7 Å². The average Bonchev–Trinajstić information content (AvgIpc) is 2.68. The minimum absolute atomic E-state index is 0.0216. The van der Waals surface area contributed by atoms with Gasteiger partial charge in [-0.3, -0.25) is 10.0 Å². The number of carbonyl (C=O) groups is 1. The van der Waals surface area contributed by atoms with Crippen LogP contribution in [0, 0.1) is 6.92 Å². The lowest BCUT2D eigenvalue weighted by Crippen LogP contribution is -2.65. The highest BCUT2D eigenvalue weighted by Crippen LogP contribution is 2.31. The summed E-state index contributed by atoms with van der Waals surface area (Å²) in [7, 11) is -4.04. The van der Waals surface area contributed by atoms with Gasteiger partial charge in [-0.15, -0.1) is 0 Å². The Morgan fingerprint density at radius 1 is 1.21 bits per heavy atom. The van der Waals surface area contributed by atoms with Crippen LogP contribution in [-0.2, 0) is 14.6 Å². The number of sulfone groups is 1. The van der Waals surface area contributed by atoms with Crippen molar-refractivity contribution in [3.05, 3.63) is 54.1 Å². The van der Waals surface area contributed by atoms with Gasteiger partial charge in [0.05, 0.1) is 4.90 Å². The van der Waals surface area contributed by atoms with Crippen LogP contribution in [0.25, 0.3) is 0 Å². The van der Waals surface area contributed by atoms with E-state index >= 15 is 0 Å². The third-order valence-corrected chi connectivity index (χ3v) is 7.06. The number of ether oxygens (including phenoxy) is 1. The van der Waals surface area contributed by atoms with Gasteiger partial charge in [0.15, 0.2) is 15.4 Å². The number of aryl methyl sites for hydroxylation is 1. The van der Waals surface area contributed by atoms with Crippen molar-refractivity contribution in [3.63, 3.8) is 0 Å². The van der Waals surface area contributed by atoms with Crippen LogP contribution in [0.3, 0.4) is 0 Å². The first-order valence-corrected chi connectivity index (χ1v) is 10.3. The molecule has 0 aliphatic carbocycles. The molecule has 0 radical (unpaired) electrons. The minimum atomic E-state index is -4.04. The summed E-state index contributed by atoms with van der Waals surface area (Å²) in [5, 5.41) is 20.9. The van der Waals surface area contributed by atoms with E-state index in [-0.39, 0.29) is 17.9 Å². The zero-order chi connectivity index (χ0) is 20.4. The molecule has 2 aromatic carbocycles. The van der Waals surface area contributed by atoms with Crippen LogP contribution in [-0.4, -0.2) is 48.6 Å². The molecular weight excluding hydrogens is 384 g/mol. The van der Waals surface area contributed by atoms with E-state index in [9.17, 15) is 18.3 Å². The number of aliphatic hydroxyl groups is 1. The molecule has 8 nitrogen and oxygen atoms in total. The summed E-state index contributed by atoms with van der Waals surface area (Å²) in [6.45, 7) is 1.97. The predicted octanol–water partition coefficient (Wildman–Crippen LogP) is 1.16. The highest BCUT2D eigenvalue weighted by atomic mass is 32.2. The molecule has 0 spiro atoms. The van der Waals surface area contributed by atoms with Gasteiger partial charge in [0.1, 0.15) is 16.7 Å². The number of hydrogen-bond acceptors (Lipinski definition) is 7. The molecule has 9 heteroatoms. The van der Waals surface area contributed by atoms with Crippen molar-refractivity contribution in [2.24, 2.45) is 0 Å². The number of hydrogen-bond donors (Lipinski definition) is 4. The quantitative estimate of drug-likeness (QED) is 0.434. The highest BCUT2D eigenvalue weighted by molar-refractivity contribution is 7.92. The third kappa shape index (κ3) is 3.88. The summed E-state index contributed by atoms with van der Waals surface area (Å²) >= 11 is 0. The number of hydroxylamine groups is 1. The van der Waals surface area contributed by atoms with Crippen molar-refractivity contribution in [2.75, 3.05) is 13.1 Å². The van der Waals surface area contributed by atoms with Gasteiger partial charge in [0.2, 0.25) is 0 Å². The minimum Gasteiger partial charge on any atom is -0.457 e. The number of rotatable bonds is 5. The molecule has 3 rings (SSSR count). The first-order chi connectivity index (χ1) is 13.3. The van der Waals surface area contributed by atoms with Gasteiger partial charge >= 0.3 is 0 Å². The van der Waals surface area contributed by atoms with E-state index in [4.69, 9.17) is 9.94 Å². The van der Waals surface area contributed by atoms with Crippen LogP contribution < -0.4 is 15.5 Å². The molecule has 2 unspecified atom stereocenters. The van der Waals surface area contributed by atoms with Gasteiger partial charge < -0.3 is 15.2 Å².